The van der Waals surface area contributed by atoms with Gasteiger partial charge in [-0.1, -0.05) is 0 Å². The van der Waals surface area contributed by atoms with E-state index in [-0.39, 0.29) is 12.7 Å². The Labute approximate surface area is 113 Å². The molecule has 19 heavy (non-hydrogen) atoms. The number of aliphatic hydroxyl groups excluding tert-OH is 1. The molecule has 1 aromatic rings. The van der Waals surface area contributed by atoms with Crippen LogP contribution in [-0.2, 0) is 4.74 Å². The van der Waals surface area contributed by atoms with Gasteiger partial charge in [0.2, 0.25) is 0 Å². The van der Waals surface area contributed by atoms with Crippen LogP contribution in [0.25, 0.3) is 0 Å². The lowest BCUT2D eigenvalue weighted by Gasteiger charge is -2.34. The molecule has 1 fully saturated rings. The first-order chi connectivity index (χ1) is 9.24. The Morgan fingerprint density at radius 3 is 2.74 bits per heavy atom. The fourth-order valence-corrected chi connectivity index (χ4v) is 2.39. The monoisotopic (exact) mass is 261 g/mol. The van der Waals surface area contributed by atoms with Gasteiger partial charge in [0.05, 0.1) is 42.3 Å². The van der Waals surface area contributed by atoms with Crippen LogP contribution in [0, 0.1) is 11.3 Å². The highest BCUT2D eigenvalue weighted by Crippen LogP contribution is 2.27. The smallest absolute Gasteiger partial charge is 0.0992 e. The second-order valence-corrected chi connectivity index (χ2v) is 4.67. The van der Waals surface area contributed by atoms with Crippen LogP contribution in [0.2, 0.25) is 0 Å². The summed E-state index contributed by atoms with van der Waals surface area (Å²) in [6.07, 6.45) is 2.09. The van der Waals surface area contributed by atoms with E-state index in [1.54, 1.807) is 12.1 Å². The number of benzene rings is 1. The third-order valence-electron chi connectivity index (χ3n) is 3.38. The van der Waals surface area contributed by atoms with E-state index in [2.05, 4.69) is 11.0 Å². The number of rotatable bonds is 4. The first-order valence-corrected chi connectivity index (χ1v) is 6.51. The molecule has 0 saturated carbocycles. The summed E-state index contributed by atoms with van der Waals surface area (Å²) in [6.45, 7) is 2.24. The fourth-order valence-electron chi connectivity index (χ4n) is 2.39. The summed E-state index contributed by atoms with van der Waals surface area (Å²) in [5.74, 6) is 0. The number of hydrogen-bond donors (Lipinski definition) is 2. The van der Waals surface area contributed by atoms with Crippen LogP contribution in [0.3, 0.4) is 0 Å². The van der Waals surface area contributed by atoms with E-state index in [9.17, 15) is 0 Å². The molecular formula is C14H19N3O2. The highest BCUT2D eigenvalue weighted by atomic mass is 16.5. The number of piperidine rings is 1. The summed E-state index contributed by atoms with van der Waals surface area (Å²) in [5.41, 5.74) is 8.20. The second kappa shape index (κ2) is 6.41. The van der Waals surface area contributed by atoms with Crippen molar-refractivity contribution in [3.05, 3.63) is 23.8 Å². The second-order valence-electron chi connectivity index (χ2n) is 4.67. The van der Waals surface area contributed by atoms with Gasteiger partial charge in [0, 0.05) is 13.1 Å². The van der Waals surface area contributed by atoms with Crippen molar-refractivity contribution in [3.63, 3.8) is 0 Å². The first kappa shape index (κ1) is 13.7. The van der Waals surface area contributed by atoms with E-state index in [4.69, 9.17) is 20.8 Å². The van der Waals surface area contributed by atoms with Crippen molar-refractivity contribution in [2.75, 3.05) is 36.9 Å². The lowest BCUT2D eigenvalue weighted by Crippen LogP contribution is -2.37. The average molecular weight is 261 g/mol. The zero-order valence-corrected chi connectivity index (χ0v) is 10.9. The molecule has 3 N–H and O–H groups in total. The lowest BCUT2D eigenvalue weighted by atomic mass is 10.1. The van der Waals surface area contributed by atoms with E-state index in [0.717, 1.165) is 31.6 Å². The quantitative estimate of drug-likeness (QED) is 0.794. The molecule has 1 aliphatic rings. The molecule has 1 aliphatic heterocycles. The largest absolute Gasteiger partial charge is 0.397 e. The van der Waals surface area contributed by atoms with Gasteiger partial charge in [-0.05, 0) is 31.0 Å². The van der Waals surface area contributed by atoms with Crippen molar-refractivity contribution < 1.29 is 9.84 Å². The standard InChI is InChI=1S/C14H19N3O2/c15-10-11-1-2-14(13(16)9-11)17-5-3-12(4-6-17)19-8-7-18/h1-2,9,12,18H,3-8,16H2. The van der Waals surface area contributed by atoms with E-state index in [1.165, 1.54) is 0 Å². The number of hydrogen-bond acceptors (Lipinski definition) is 5. The molecule has 5 heteroatoms. The maximum absolute atomic E-state index is 8.82. The maximum atomic E-state index is 8.82. The Kier molecular flexibility index (Phi) is 4.61. The van der Waals surface area contributed by atoms with Crippen molar-refractivity contribution in [1.82, 2.24) is 0 Å². The summed E-state index contributed by atoms with van der Waals surface area (Å²) in [5, 5.41) is 17.6. The molecule has 0 radical (unpaired) electrons. The van der Waals surface area contributed by atoms with Gasteiger partial charge >= 0.3 is 0 Å². The van der Waals surface area contributed by atoms with E-state index >= 15 is 0 Å². The van der Waals surface area contributed by atoms with Crippen LogP contribution in [0.1, 0.15) is 18.4 Å². The van der Waals surface area contributed by atoms with E-state index < -0.39 is 0 Å². The molecule has 1 saturated heterocycles. The molecule has 5 nitrogen and oxygen atoms in total. The molecule has 0 unspecified atom stereocenters. The summed E-state index contributed by atoms with van der Waals surface area (Å²) in [6, 6.07) is 7.50. The molecule has 0 bridgehead atoms. The number of aliphatic hydroxyl groups is 1. The van der Waals surface area contributed by atoms with Gasteiger partial charge in [-0.3, -0.25) is 0 Å². The third-order valence-corrected chi connectivity index (χ3v) is 3.38. The average Bonchev–Trinajstić information content (AvgIpc) is 2.45. The predicted octanol–water partition coefficient (Wildman–Crippen LogP) is 1.12. The molecule has 0 aromatic heterocycles. The van der Waals surface area contributed by atoms with Crippen LogP contribution in [0.5, 0.6) is 0 Å². The van der Waals surface area contributed by atoms with Crippen LogP contribution >= 0.6 is 0 Å². The predicted molar refractivity (Wildman–Crippen MR) is 73.8 cm³/mol. The zero-order chi connectivity index (χ0) is 13.7. The number of nitrogens with zero attached hydrogens (tertiary/aromatic N) is 2. The van der Waals surface area contributed by atoms with Crippen LogP contribution < -0.4 is 10.6 Å². The molecule has 0 amide bonds. The van der Waals surface area contributed by atoms with Gasteiger partial charge in [0.15, 0.2) is 0 Å². The number of nitriles is 1. The molecule has 0 aliphatic carbocycles. The minimum absolute atomic E-state index is 0.0722. The van der Waals surface area contributed by atoms with Gasteiger partial charge in [-0.25, -0.2) is 0 Å². The van der Waals surface area contributed by atoms with Crippen molar-refractivity contribution in [2.24, 2.45) is 0 Å². The Morgan fingerprint density at radius 1 is 1.42 bits per heavy atom. The zero-order valence-electron chi connectivity index (χ0n) is 10.9. The molecule has 0 spiro atoms. The van der Waals surface area contributed by atoms with E-state index in [0.29, 0.717) is 17.9 Å². The molecule has 2 rings (SSSR count). The summed E-state index contributed by atoms with van der Waals surface area (Å²) < 4.78 is 5.53. The Balaban J connectivity index is 1.96. The van der Waals surface area contributed by atoms with Crippen LogP contribution in [0.15, 0.2) is 18.2 Å². The molecule has 1 aromatic carbocycles. The SMILES string of the molecule is N#Cc1ccc(N2CCC(OCCO)CC2)c(N)c1. The Bertz CT molecular complexity index is 462. The van der Waals surface area contributed by atoms with Gasteiger partial charge < -0.3 is 20.5 Å². The Morgan fingerprint density at radius 2 is 2.16 bits per heavy atom. The molecular weight excluding hydrogens is 242 g/mol. The van der Waals surface area contributed by atoms with Gasteiger partial charge in [0.25, 0.3) is 0 Å². The van der Waals surface area contributed by atoms with Crippen molar-refractivity contribution >= 4 is 11.4 Å². The number of anilines is 2. The van der Waals surface area contributed by atoms with Gasteiger partial charge in [-0.2, -0.15) is 5.26 Å². The van der Waals surface area contributed by atoms with E-state index in [1.807, 2.05) is 6.07 Å². The summed E-state index contributed by atoms with van der Waals surface area (Å²) >= 11 is 0. The number of nitrogens with two attached hydrogens (primary N) is 1. The molecule has 1 heterocycles. The molecule has 102 valence electrons. The van der Waals surface area contributed by atoms with Crippen molar-refractivity contribution in [2.45, 2.75) is 18.9 Å². The van der Waals surface area contributed by atoms with Crippen molar-refractivity contribution in [1.29, 1.82) is 5.26 Å². The highest BCUT2D eigenvalue weighted by molar-refractivity contribution is 5.69. The van der Waals surface area contributed by atoms with Crippen LogP contribution in [0.4, 0.5) is 11.4 Å². The highest BCUT2D eigenvalue weighted by Gasteiger charge is 2.21. The fraction of sp³-hybridized carbons (Fsp3) is 0.500. The summed E-state index contributed by atoms with van der Waals surface area (Å²) in [4.78, 5) is 2.22. The normalized spacial score (nSPS) is 16.3. The number of ether oxygens (including phenoxy) is 1. The lowest BCUT2D eigenvalue weighted by molar-refractivity contribution is 0.0159. The van der Waals surface area contributed by atoms with Gasteiger partial charge in [0.1, 0.15) is 0 Å². The Hall–Kier alpha value is -1.77. The minimum Gasteiger partial charge on any atom is -0.397 e. The van der Waals surface area contributed by atoms with Crippen LogP contribution in [-0.4, -0.2) is 37.5 Å². The minimum atomic E-state index is 0.0722. The first-order valence-electron chi connectivity index (χ1n) is 6.51. The summed E-state index contributed by atoms with van der Waals surface area (Å²) in [7, 11) is 0. The molecule has 0 atom stereocenters. The third kappa shape index (κ3) is 3.37. The topological polar surface area (TPSA) is 82.5 Å². The van der Waals surface area contributed by atoms with Crippen molar-refractivity contribution in [3.8, 4) is 6.07 Å². The maximum Gasteiger partial charge on any atom is 0.0992 e. The number of nitrogen functional groups attached to an aromatic ring is 1. The van der Waals surface area contributed by atoms with Gasteiger partial charge in [-0.15, -0.1) is 0 Å².